The van der Waals surface area contributed by atoms with Crippen molar-refractivity contribution in [3.63, 3.8) is 0 Å². The molecule has 0 saturated carbocycles. The third kappa shape index (κ3) is 2.35. The maximum atomic E-state index is 11.2. The lowest BCUT2D eigenvalue weighted by Gasteiger charge is -2.06. The molecule has 0 spiro atoms. The first-order chi connectivity index (χ1) is 8.13. The van der Waals surface area contributed by atoms with Gasteiger partial charge in [-0.3, -0.25) is 4.79 Å². The highest BCUT2D eigenvalue weighted by Gasteiger charge is 2.15. The van der Waals surface area contributed by atoms with Gasteiger partial charge in [0.2, 0.25) is 0 Å². The van der Waals surface area contributed by atoms with E-state index in [2.05, 4.69) is 5.10 Å². The molecular weight excluding hydrogens is 259 g/mol. The summed E-state index contributed by atoms with van der Waals surface area (Å²) >= 11 is 11.3. The molecule has 0 bridgehead atoms. The fourth-order valence-corrected chi connectivity index (χ4v) is 1.97. The van der Waals surface area contributed by atoms with Gasteiger partial charge in [-0.2, -0.15) is 5.10 Å². The van der Waals surface area contributed by atoms with Crippen molar-refractivity contribution >= 4 is 28.4 Å². The van der Waals surface area contributed by atoms with E-state index in [0.29, 0.717) is 17.0 Å². The molecule has 3 nitrogen and oxygen atoms in total. The maximum absolute atomic E-state index is 11.2. The molecule has 17 heavy (non-hydrogen) atoms. The van der Waals surface area contributed by atoms with Crippen LogP contribution in [0.5, 0.6) is 0 Å². The van der Waals surface area contributed by atoms with E-state index in [1.54, 1.807) is 16.8 Å². The summed E-state index contributed by atoms with van der Waals surface area (Å²) in [5.74, 6) is 0. The molecule has 0 unspecified atom stereocenters. The van der Waals surface area contributed by atoms with Gasteiger partial charge in [0, 0.05) is 5.02 Å². The van der Waals surface area contributed by atoms with Crippen LogP contribution < -0.4 is 0 Å². The molecule has 0 saturated heterocycles. The Kier molecular flexibility index (Phi) is 3.50. The first-order valence-electron chi connectivity index (χ1n) is 5.16. The highest BCUT2D eigenvalue weighted by atomic mass is 35.5. The van der Waals surface area contributed by atoms with E-state index in [-0.39, 0.29) is 0 Å². The van der Waals surface area contributed by atoms with Gasteiger partial charge in [-0.05, 0) is 42.3 Å². The standard InChI is InChI=1S/C12H10Cl2N2O/c1-2-11-10(12(14)17)7-15-16(11)9-5-3-8(13)4-6-9/h3-7H,2H2,1H3. The lowest BCUT2D eigenvalue weighted by Crippen LogP contribution is -2.03. The molecule has 0 aliphatic heterocycles. The predicted octanol–water partition coefficient (Wildman–Crippen LogP) is 3.47. The number of nitrogens with zero attached hydrogens (tertiary/aromatic N) is 2. The fourth-order valence-electron chi connectivity index (χ4n) is 1.68. The highest BCUT2D eigenvalue weighted by molar-refractivity contribution is 6.67. The Bertz CT molecular complexity index is 546. The number of rotatable bonds is 3. The fraction of sp³-hybridized carbons (Fsp3) is 0.167. The van der Waals surface area contributed by atoms with Gasteiger partial charge in [0.15, 0.2) is 0 Å². The summed E-state index contributed by atoms with van der Waals surface area (Å²) in [5, 5.41) is 4.35. The summed E-state index contributed by atoms with van der Waals surface area (Å²) in [6.07, 6.45) is 2.17. The van der Waals surface area contributed by atoms with Gasteiger partial charge in [0.05, 0.1) is 23.1 Å². The van der Waals surface area contributed by atoms with E-state index in [1.807, 2.05) is 19.1 Å². The van der Waals surface area contributed by atoms with E-state index < -0.39 is 5.24 Å². The second-order valence-electron chi connectivity index (χ2n) is 3.52. The summed E-state index contributed by atoms with van der Waals surface area (Å²) in [4.78, 5) is 11.2. The third-order valence-corrected chi connectivity index (χ3v) is 2.94. The zero-order chi connectivity index (χ0) is 12.4. The minimum absolute atomic E-state index is 0.448. The smallest absolute Gasteiger partial charge is 0.255 e. The van der Waals surface area contributed by atoms with Gasteiger partial charge < -0.3 is 0 Å². The normalized spacial score (nSPS) is 10.5. The molecule has 0 N–H and O–H groups in total. The number of hydrogen-bond acceptors (Lipinski definition) is 2. The highest BCUT2D eigenvalue weighted by Crippen LogP contribution is 2.19. The van der Waals surface area contributed by atoms with Crippen LogP contribution in [0.4, 0.5) is 0 Å². The molecule has 0 atom stereocenters. The molecule has 2 aromatic rings. The topological polar surface area (TPSA) is 34.9 Å². The molecule has 88 valence electrons. The molecule has 0 fully saturated rings. The van der Waals surface area contributed by atoms with Crippen molar-refractivity contribution in [1.82, 2.24) is 9.78 Å². The summed E-state index contributed by atoms with van der Waals surface area (Å²) in [5.41, 5.74) is 2.10. The van der Waals surface area contributed by atoms with E-state index in [9.17, 15) is 4.79 Å². The van der Waals surface area contributed by atoms with E-state index in [4.69, 9.17) is 23.2 Å². The van der Waals surface area contributed by atoms with Crippen LogP contribution >= 0.6 is 23.2 Å². The number of benzene rings is 1. The zero-order valence-corrected chi connectivity index (χ0v) is 10.7. The molecule has 0 amide bonds. The van der Waals surface area contributed by atoms with Crippen LogP contribution in [0.3, 0.4) is 0 Å². The Hall–Kier alpha value is -1.32. The molecule has 1 heterocycles. The van der Waals surface area contributed by atoms with Crippen molar-refractivity contribution in [3.8, 4) is 5.69 Å². The van der Waals surface area contributed by atoms with E-state index in [0.717, 1.165) is 11.4 Å². The second kappa shape index (κ2) is 4.90. The number of hydrogen-bond donors (Lipinski definition) is 0. The molecular formula is C12H10Cl2N2O. The van der Waals surface area contributed by atoms with Gasteiger partial charge >= 0.3 is 0 Å². The van der Waals surface area contributed by atoms with Crippen LogP contribution in [0.25, 0.3) is 5.69 Å². The quantitative estimate of drug-likeness (QED) is 0.800. The first-order valence-corrected chi connectivity index (χ1v) is 5.91. The molecule has 0 radical (unpaired) electrons. The summed E-state index contributed by atoms with van der Waals surface area (Å²) in [6, 6.07) is 7.24. The summed E-state index contributed by atoms with van der Waals surface area (Å²) in [6.45, 7) is 1.95. The monoisotopic (exact) mass is 268 g/mol. The third-order valence-electron chi connectivity index (χ3n) is 2.49. The molecule has 5 heteroatoms. The molecule has 1 aromatic heterocycles. The van der Waals surface area contributed by atoms with Crippen molar-refractivity contribution in [2.45, 2.75) is 13.3 Å². The van der Waals surface area contributed by atoms with Crippen LogP contribution in [0.2, 0.25) is 5.02 Å². The van der Waals surface area contributed by atoms with E-state index >= 15 is 0 Å². The van der Waals surface area contributed by atoms with Gasteiger partial charge in [-0.25, -0.2) is 4.68 Å². The van der Waals surface area contributed by atoms with Crippen molar-refractivity contribution < 1.29 is 4.79 Å². The van der Waals surface area contributed by atoms with Crippen LogP contribution in [-0.2, 0) is 6.42 Å². The van der Waals surface area contributed by atoms with E-state index in [1.165, 1.54) is 6.20 Å². The minimum atomic E-state index is -0.484. The number of aromatic nitrogens is 2. The molecule has 1 aromatic carbocycles. The number of carbonyl (C=O) groups excluding carboxylic acids is 1. The van der Waals surface area contributed by atoms with Gasteiger partial charge in [-0.1, -0.05) is 18.5 Å². The number of halogens is 2. The van der Waals surface area contributed by atoms with Crippen molar-refractivity contribution in [2.24, 2.45) is 0 Å². The van der Waals surface area contributed by atoms with Crippen LogP contribution in [0, 0.1) is 0 Å². The van der Waals surface area contributed by atoms with Crippen LogP contribution in [0.15, 0.2) is 30.5 Å². The average molecular weight is 269 g/mol. The molecule has 0 aliphatic carbocycles. The van der Waals surface area contributed by atoms with Gasteiger partial charge in [0.1, 0.15) is 0 Å². The van der Waals surface area contributed by atoms with Crippen molar-refractivity contribution in [2.75, 3.05) is 0 Å². The molecule has 2 rings (SSSR count). The SMILES string of the molecule is CCc1c(C(=O)Cl)cnn1-c1ccc(Cl)cc1. The van der Waals surface area contributed by atoms with Gasteiger partial charge in [0.25, 0.3) is 5.24 Å². The minimum Gasteiger partial charge on any atom is -0.275 e. The lowest BCUT2D eigenvalue weighted by molar-refractivity contribution is 0.108. The number of carbonyl (C=O) groups is 1. The lowest BCUT2D eigenvalue weighted by atomic mass is 10.2. The largest absolute Gasteiger partial charge is 0.275 e. The van der Waals surface area contributed by atoms with Crippen LogP contribution in [0.1, 0.15) is 23.0 Å². The molecule has 0 aliphatic rings. The zero-order valence-electron chi connectivity index (χ0n) is 9.15. The Morgan fingerprint density at radius 1 is 1.35 bits per heavy atom. The maximum Gasteiger partial charge on any atom is 0.255 e. The predicted molar refractivity (Wildman–Crippen MR) is 68.1 cm³/mol. The van der Waals surface area contributed by atoms with Crippen LogP contribution in [-0.4, -0.2) is 15.0 Å². The van der Waals surface area contributed by atoms with Crippen molar-refractivity contribution in [3.05, 3.63) is 46.7 Å². The Morgan fingerprint density at radius 3 is 2.53 bits per heavy atom. The average Bonchev–Trinajstić information content (AvgIpc) is 2.73. The van der Waals surface area contributed by atoms with Crippen molar-refractivity contribution in [1.29, 1.82) is 0 Å². The Labute approximate surface area is 109 Å². The first kappa shape index (κ1) is 12.1. The van der Waals surface area contributed by atoms with Gasteiger partial charge in [-0.15, -0.1) is 0 Å². The summed E-state index contributed by atoms with van der Waals surface area (Å²) in [7, 11) is 0. The Morgan fingerprint density at radius 2 is 2.00 bits per heavy atom. The second-order valence-corrected chi connectivity index (χ2v) is 4.30. The summed E-state index contributed by atoms with van der Waals surface area (Å²) < 4.78 is 1.70. The Balaban J connectivity index is 2.52.